The van der Waals surface area contributed by atoms with Crippen molar-refractivity contribution in [2.75, 3.05) is 63.2 Å². The molecule has 58 heavy (non-hydrogen) atoms. The van der Waals surface area contributed by atoms with Crippen LogP contribution in [0.2, 0.25) is 0 Å². The van der Waals surface area contributed by atoms with Gasteiger partial charge >= 0.3 is 0 Å². The zero-order valence-electron chi connectivity index (χ0n) is 33.1. The molecule has 0 aliphatic carbocycles. The maximum Gasteiger partial charge on any atom is 0.269 e. The third-order valence-corrected chi connectivity index (χ3v) is 9.84. The topological polar surface area (TPSA) is 169 Å². The average Bonchev–Trinajstić information content (AvgIpc) is 3.25. The Balaban J connectivity index is 0.000000278. The van der Waals surface area contributed by atoms with E-state index in [2.05, 4.69) is 36.4 Å². The number of anilines is 3. The van der Waals surface area contributed by atoms with Gasteiger partial charge in [-0.1, -0.05) is 45.0 Å². The largest absolute Gasteiger partial charge is 0.378 e. The molecule has 3 heterocycles. The second-order valence-electron chi connectivity index (χ2n) is 14.8. The van der Waals surface area contributed by atoms with E-state index in [-0.39, 0.29) is 28.8 Å². The zero-order valence-corrected chi connectivity index (χ0v) is 33.1. The number of amides is 3. The van der Waals surface area contributed by atoms with Gasteiger partial charge in [0, 0.05) is 78.1 Å². The van der Waals surface area contributed by atoms with E-state index in [1.54, 1.807) is 28.1 Å². The minimum atomic E-state index is -0.483. The minimum absolute atomic E-state index is 0.00228. The lowest BCUT2D eigenvalue weighted by Gasteiger charge is -2.26. The van der Waals surface area contributed by atoms with Crippen molar-refractivity contribution >= 4 is 40.7 Å². The van der Waals surface area contributed by atoms with Gasteiger partial charge in [-0.15, -0.1) is 0 Å². The molecule has 0 atom stereocenters. The Bertz CT molecular complexity index is 2230. The fraction of sp³-hybridized carbons (Fsp3) is 0.295. The summed E-state index contributed by atoms with van der Waals surface area (Å²) >= 11 is 0. The van der Waals surface area contributed by atoms with Crippen molar-refractivity contribution in [3.05, 3.63) is 141 Å². The van der Waals surface area contributed by atoms with E-state index in [1.165, 1.54) is 29.8 Å². The number of nitrogens with zero attached hydrogens (tertiary/aromatic N) is 5. The fourth-order valence-electron chi connectivity index (χ4n) is 6.38. The van der Waals surface area contributed by atoms with Crippen molar-refractivity contribution in [2.45, 2.75) is 33.1 Å². The number of hydrogen-bond acceptors (Lipinski definition) is 10. The highest BCUT2D eigenvalue weighted by Crippen LogP contribution is 2.29. The molecular formula is C44H47N7O7. The van der Waals surface area contributed by atoms with E-state index in [1.807, 2.05) is 67.6 Å². The summed E-state index contributed by atoms with van der Waals surface area (Å²) < 4.78 is 10.5. The number of morpholine rings is 2. The Labute approximate surface area is 337 Å². The molecule has 2 fully saturated rings. The van der Waals surface area contributed by atoms with Crippen molar-refractivity contribution in [1.82, 2.24) is 19.8 Å². The molecule has 14 nitrogen and oxygen atoms in total. The third-order valence-electron chi connectivity index (χ3n) is 9.84. The van der Waals surface area contributed by atoms with E-state index in [4.69, 9.17) is 14.5 Å². The molecule has 14 heteroatoms. The van der Waals surface area contributed by atoms with Crippen LogP contribution in [-0.4, -0.2) is 95.0 Å². The summed E-state index contributed by atoms with van der Waals surface area (Å²) in [4.78, 5) is 60.3. The SMILES string of the molecule is Cc1c(NC(=O)c2ccc(C(C)(C)C)cc2)cccc1-c1ccnc(Nc2ccc(C(=O)N3CCOCC3)cc2)n1.O=C(c1ccc([N+](=O)[O-])cc1)N1CCOCC1. The monoisotopic (exact) mass is 785 g/mol. The highest BCUT2D eigenvalue weighted by Gasteiger charge is 2.21. The maximum atomic E-state index is 13.0. The molecule has 0 spiro atoms. The van der Waals surface area contributed by atoms with Gasteiger partial charge in [0.1, 0.15) is 0 Å². The van der Waals surface area contributed by atoms with Crippen LogP contribution in [0.1, 0.15) is 63.0 Å². The minimum Gasteiger partial charge on any atom is -0.378 e. The number of aromatic nitrogens is 2. The first-order chi connectivity index (χ1) is 27.9. The van der Waals surface area contributed by atoms with Crippen molar-refractivity contribution in [3.63, 3.8) is 0 Å². The summed E-state index contributed by atoms with van der Waals surface area (Å²) in [6.45, 7) is 13.0. The number of carbonyl (C=O) groups is 3. The van der Waals surface area contributed by atoms with Crippen LogP contribution in [-0.2, 0) is 14.9 Å². The fourth-order valence-corrected chi connectivity index (χ4v) is 6.38. The molecule has 5 aromatic rings. The van der Waals surface area contributed by atoms with Crippen molar-refractivity contribution in [3.8, 4) is 11.3 Å². The molecule has 4 aromatic carbocycles. The van der Waals surface area contributed by atoms with Crippen LogP contribution >= 0.6 is 0 Å². The smallest absolute Gasteiger partial charge is 0.269 e. The number of ether oxygens (including phenoxy) is 2. The van der Waals surface area contributed by atoms with Crippen LogP contribution in [0.4, 0.5) is 23.0 Å². The first-order valence-electron chi connectivity index (χ1n) is 19.1. The van der Waals surface area contributed by atoms with E-state index < -0.39 is 4.92 Å². The standard InChI is InChI=1S/C33H35N5O3.C11H12N2O4/c1-22-27(6-5-7-28(22)36-30(39)23-8-12-25(13-9-23)33(2,3)4)29-16-17-34-32(37-29)35-26-14-10-24(11-15-26)31(40)38-18-20-41-21-19-38;14-11(12-5-7-17-8-6-12)9-1-3-10(4-2-9)13(15)16/h5-17H,18-21H2,1-4H3,(H,36,39)(H,34,35,37);1-4H,5-8H2. The van der Waals surface area contributed by atoms with E-state index in [0.717, 1.165) is 28.2 Å². The van der Waals surface area contributed by atoms with Gasteiger partial charge in [-0.3, -0.25) is 24.5 Å². The Hall–Kier alpha value is -6.51. The van der Waals surface area contributed by atoms with Gasteiger partial charge in [-0.05, 0) is 84.1 Å². The van der Waals surface area contributed by atoms with Gasteiger partial charge in [0.15, 0.2) is 0 Å². The predicted molar refractivity (Wildman–Crippen MR) is 222 cm³/mol. The highest BCUT2D eigenvalue weighted by molar-refractivity contribution is 6.05. The number of rotatable bonds is 8. The lowest BCUT2D eigenvalue weighted by atomic mass is 9.86. The van der Waals surface area contributed by atoms with E-state index in [9.17, 15) is 24.5 Å². The number of hydrogen-bond donors (Lipinski definition) is 2. The summed E-state index contributed by atoms with van der Waals surface area (Å²) in [5, 5.41) is 16.8. The molecule has 2 aliphatic heterocycles. The predicted octanol–water partition coefficient (Wildman–Crippen LogP) is 7.29. The van der Waals surface area contributed by atoms with Crippen molar-refractivity contribution in [2.24, 2.45) is 0 Å². The lowest BCUT2D eigenvalue weighted by molar-refractivity contribution is -0.384. The zero-order chi connectivity index (χ0) is 41.2. The second-order valence-corrected chi connectivity index (χ2v) is 14.8. The van der Waals surface area contributed by atoms with Gasteiger partial charge in [0.05, 0.1) is 37.0 Å². The van der Waals surface area contributed by atoms with Crippen LogP contribution in [0.5, 0.6) is 0 Å². The Kier molecular flexibility index (Phi) is 13.2. The Morgan fingerprint density at radius 3 is 1.79 bits per heavy atom. The molecule has 0 unspecified atom stereocenters. The Morgan fingerprint density at radius 2 is 1.26 bits per heavy atom. The van der Waals surface area contributed by atoms with Crippen molar-refractivity contribution in [1.29, 1.82) is 0 Å². The molecule has 0 saturated carbocycles. The van der Waals surface area contributed by atoms with Crippen LogP contribution < -0.4 is 10.6 Å². The summed E-state index contributed by atoms with van der Waals surface area (Å²) in [5.41, 5.74) is 6.92. The third kappa shape index (κ3) is 10.5. The molecule has 0 bridgehead atoms. The number of nitro groups is 1. The summed E-state index contributed by atoms with van der Waals surface area (Å²) in [6, 6.07) is 28.3. The molecule has 2 aliphatic rings. The Morgan fingerprint density at radius 1 is 0.724 bits per heavy atom. The average molecular weight is 786 g/mol. The molecule has 2 saturated heterocycles. The molecule has 0 radical (unpaired) electrons. The van der Waals surface area contributed by atoms with Crippen LogP contribution in [0, 0.1) is 17.0 Å². The first-order valence-corrected chi connectivity index (χ1v) is 19.1. The van der Waals surface area contributed by atoms with Gasteiger partial charge in [-0.25, -0.2) is 9.97 Å². The summed E-state index contributed by atoms with van der Waals surface area (Å²) in [5.74, 6) is 0.166. The molecule has 300 valence electrons. The number of nitro benzene ring substituents is 1. The van der Waals surface area contributed by atoms with E-state index >= 15 is 0 Å². The van der Waals surface area contributed by atoms with Gasteiger partial charge < -0.3 is 29.9 Å². The molecule has 3 amide bonds. The highest BCUT2D eigenvalue weighted by atomic mass is 16.6. The van der Waals surface area contributed by atoms with Crippen LogP contribution in [0.15, 0.2) is 103 Å². The number of benzene rings is 4. The number of carbonyl (C=O) groups excluding carboxylic acids is 3. The summed E-state index contributed by atoms with van der Waals surface area (Å²) in [6.07, 6.45) is 1.70. The lowest BCUT2D eigenvalue weighted by Crippen LogP contribution is -2.40. The normalized spacial score (nSPS) is 14.1. The van der Waals surface area contributed by atoms with Crippen LogP contribution in [0.25, 0.3) is 11.3 Å². The van der Waals surface area contributed by atoms with E-state index in [0.29, 0.717) is 75.2 Å². The second kappa shape index (κ2) is 18.6. The maximum absolute atomic E-state index is 13.0. The van der Waals surface area contributed by atoms with Crippen molar-refractivity contribution < 1.29 is 28.8 Å². The molecule has 1 aromatic heterocycles. The molecular weight excluding hydrogens is 739 g/mol. The molecule has 2 N–H and O–H groups in total. The van der Waals surface area contributed by atoms with Crippen LogP contribution in [0.3, 0.4) is 0 Å². The quantitative estimate of drug-likeness (QED) is 0.120. The number of non-ortho nitro benzene ring substituents is 1. The van der Waals surface area contributed by atoms with Gasteiger partial charge in [-0.2, -0.15) is 0 Å². The van der Waals surface area contributed by atoms with Gasteiger partial charge in [0.25, 0.3) is 23.4 Å². The summed E-state index contributed by atoms with van der Waals surface area (Å²) in [7, 11) is 0. The van der Waals surface area contributed by atoms with Gasteiger partial charge in [0.2, 0.25) is 5.95 Å². The molecule has 7 rings (SSSR count). The first kappa shape index (κ1) is 41.1. The number of nitrogens with one attached hydrogen (secondary N) is 2.